The lowest BCUT2D eigenvalue weighted by Crippen LogP contribution is -2.50. The van der Waals surface area contributed by atoms with E-state index in [1.54, 1.807) is 0 Å². The van der Waals surface area contributed by atoms with E-state index in [2.05, 4.69) is 39.6 Å². The fraction of sp³-hybridized carbons (Fsp3) is 0.611. The molecular weight excluding hydrogens is 324 g/mol. The molecular formula is C18H27ClN4O. The number of rotatable bonds is 4. The van der Waals surface area contributed by atoms with Gasteiger partial charge in [-0.2, -0.15) is 0 Å². The fourth-order valence-electron chi connectivity index (χ4n) is 3.64. The highest BCUT2D eigenvalue weighted by molar-refractivity contribution is 6.30. The summed E-state index contributed by atoms with van der Waals surface area (Å²) in [6.07, 6.45) is 3.33. The number of nitrogens with one attached hydrogen (secondary N) is 2. The lowest BCUT2D eigenvalue weighted by atomic mass is 10.1. The number of carbonyl (C=O) groups excluding carboxylic acids is 1. The molecule has 1 aromatic carbocycles. The third-order valence-corrected chi connectivity index (χ3v) is 5.24. The molecule has 2 aliphatic heterocycles. The standard InChI is InChI=1S/C18H27ClN4O/c1-22-9-2-3-16(13-22)21-18(24)20-11-14-8-10-23(12-14)17-6-4-15(19)5-7-17/h4-7,14,16H,2-3,8-13H2,1H3,(H2,20,21,24). The van der Waals surface area contributed by atoms with E-state index >= 15 is 0 Å². The highest BCUT2D eigenvalue weighted by atomic mass is 35.5. The Hall–Kier alpha value is -1.46. The summed E-state index contributed by atoms with van der Waals surface area (Å²) >= 11 is 5.94. The maximum absolute atomic E-state index is 12.1. The van der Waals surface area contributed by atoms with Crippen LogP contribution in [0.4, 0.5) is 10.5 Å². The van der Waals surface area contributed by atoms with Crippen molar-refractivity contribution in [1.82, 2.24) is 15.5 Å². The van der Waals surface area contributed by atoms with Crippen LogP contribution in [0.3, 0.4) is 0 Å². The van der Waals surface area contributed by atoms with Crippen LogP contribution >= 0.6 is 11.6 Å². The zero-order valence-corrected chi connectivity index (χ0v) is 15.1. The SMILES string of the molecule is CN1CCCC(NC(=O)NCC2CCN(c3ccc(Cl)cc3)C2)C1. The molecule has 0 radical (unpaired) electrons. The van der Waals surface area contributed by atoms with Crippen molar-refractivity contribution in [2.24, 2.45) is 5.92 Å². The predicted octanol–water partition coefficient (Wildman–Crippen LogP) is 2.56. The molecule has 0 spiro atoms. The second-order valence-corrected chi connectivity index (χ2v) is 7.47. The molecule has 2 atom stereocenters. The Labute approximate surface area is 149 Å². The Kier molecular flexibility index (Phi) is 5.85. The Balaban J connectivity index is 1.39. The van der Waals surface area contributed by atoms with Crippen molar-refractivity contribution in [3.8, 4) is 0 Å². The normalized spacial score (nSPS) is 24.8. The predicted molar refractivity (Wildman–Crippen MR) is 98.8 cm³/mol. The van der Waals surface area contributed by atoms with Crippen molar-refractivity contribution in [1.29, 1.82) is 0 Å². The number of amides is 2. The Morgan fingerprint density at radius 3 is 2.75 bits per heavy atom. The van der Waals surface area contributed by atoms with Gasteiger partial charge in [0.1, 0.15) is 0 Å². The van der Waals surface area contributed by atoms with Crippen LogP contribution in [0.15, 0.2) is 24.3 Å². The largest absolute Gasteiger partial charge is 0.371 e. The van der Waals surface area contributed by atoms with Gasteiger partial charge in [-0.1, -0.05) is 11.6 Å². The average Bonchev–Trinajstić information content (AvgIpc) is 3.03. The molecule has 2 N–H and O–H groups in total. The summed E-state index contributed by atoms with van der Waals surface area (Å²) in [5.41, 5.74) is 1.21. The number of nitrogens with zero attached hydrogens (tertiary/aromatic N) is 2. The summed E-state index contributed by atoms with van der Waals surface area (Å²) in [5.74, 6) is 0.500. The topological polar surface area (TPSA) is 47.6 Å². The zero-order valence-electron chi connectivity index (χ0n) is 14.3. The highest BCUT2D eigenvalue weighted by Crippen LogP contribution is 2.24. The first-order valence-electron chi connectivity index (χ1n) is 8.83. The number of anilines is 1. The van der Waals surface area contributed by atoms with Crippen LogP contribution in [-0.4, -0.2) is 56.7 Å². The van der Waals surface area contributed by atoms with Crippen LogP contribution in [0.1, 0.15) is 19.3 Å². The Morgan fingerprint density at radius 1 is 1.21 bits per heavy atom. The van der Waals surface area contributed by atoms with Crippen molar-refractivity contribution in [2.75, 3.05) is 44.7 Å². The summed E-state index contributed by atoms with van der Waals surface area (Å²) in [5, 5.41) is 6.92. The molecule has 2 heterocycles. The van der Waals surface area contributed by atoms with Gasteiger partial charge < -0.3 is 20.4 Å². The summed E-state index contributed by atoms with van der Waals surface area (Å²) in [7, 11) is 2.11. The first-order valence-corrected chi connectivity index (χ1v) is 9.21. The van der Waals surface area contributed by atoms with Crippen LogP contribution in [0, 0.1) is 5.92 Å². The molecule has 2 unspecified atom stereocenters. The molecule has 132 valence electrons. The summed E-state index contributed by atoms with van der Waals surface area (Å²) < 4.78 is 0. The maximum Gasteiger partial charge on any atom is 0.315 e. The number of hydrogen-bond acceptors (Lipinski definition) is 3. The molecule has 1 aromatic rings. The van der Waals surface area contributed by atoms with Gasteiger partial charge in [-0.15, -0.1) is 0 Å². The van der Waals surface area contributed by atoms with Gasteiger partial charge in [0, 0.05) is 42.9 Å². The molecule has 0 bridgehead atoms. The summed E-state index contributed by atoms with van der Waals surface area (Å²) in [6.45, 7) is 4.82. The third-order valence-electron chi connectivity index (χ3n) is 4.99. The van der Waals surface area contributed by atoms with E-state index in [1.807, 2.05) is 12.1 Å². The van der Waals surface area contributed by atoms with Gasteiger partial charge in [0.25, 0.3) is 0 Å². The van der Waals surface area contributed by atoms with Crippen LogP contribution < -0.4 is 15.5 Å². The molecule has 2 aliphatic rings. The third kappa shape index (κ3) is 4.77. The lowest BCUT2D eigenvalue weighted by Gasteiger charge is -2.30. The van der Waals surface area contributed by atoms with E-state index in [0.717, 1.165) is 57.0 Å². The minimum Gasteiger partial charge on any atom is -0.371 e. The smallest absolute Gasteiger partial charge is 0.315 e. The molecule has 3 rings (SSSR count). The zero-order chi connectivity index (χ0) is 16.9. The van der Waals surface area contributed by atoms with E-state index in [9.17, 15) is 4.79 Å². The van der Waals surface area contributed by atoms with Gasteiger partial charge in [0.2, 0.25) is 0 Å². The molecule has 2 saturated heterocycles. The minimum absolute atomic E-state index is 0.0276. The van der Waals surface area contributed by atoms with E-state index in [4.69, 9.17) is 11.6 Å². The van der Waals surface area contributed by atoms with E-state index in [1.165, 1.54) is 5.69 Å². The molecule has 2 amide bonds. The second kappa shape index (κ2) is 8.08. The number of hydrogen-bond donors (Lipinski definition) is 2. The van der Waals surface area contributed by atoms with Crippen LogP contribution in [-0.2, 0) is 0 Å². The minimum atomic E-state index is -0.0276. The van der Waals surface area contributed by atoms with E-state index in [0.29, 0.717) is 5.92 Å². The first kappa shape index (κ1) is 17.4. The average molecular weight is 351 g/mol. The summed E-state index contributed by atoms with van der Waals surface area (Å²) in [4.78, 5) is 16.7. The van der Waals surface area contributed by atoms with Gasteiger partial charge >= 0.3 is 6.03 Å². The van der Waals surface area contributed by atoms with Crippen LogP contribution in [0.5, 0.6) is 0 Å². The number of piperidine rings is 1. The molecule has 24 heavy (non-hydrogen) atoms. The van der Waals surface area contributed by atoms with Gasteiger partial charge in [0.05, 0.1) is 0 Å². The number of likely N-dealkylation sites (tertiary alicyclic amines) is 1. The van der Waals surface area contributed by atoms with Crippen molar-refractivity contribution in [3.05, 3.63) is 29.3 Å². The van der Waals surface area contributed by atoms with Gasteiger partial charge in [-0.05, 0) is 63.0 Å². The van der Waals surface area contributed by atoms with Crippen molar-refractivity contribution in [2.45, 2.75) is 25.3 Å². The van der Waals surface area contributed by atoms with Gasteiger partial charge in [-0.3, -0.25) is 0 Å². The Morgan fingerprint density at radius 2 is 2.00 bits per heavy atom. The molecule has 0 saturated carbocycles. The monoisotopic (exact) mass is 350 g/mol. The Bertz CT molecular complexity index is 550. The number of halogens is 1. The fourth-order valence-corrected chi connectivity index (χ4v) is 3.77. The number of urea groups is 1. The number of carbonyl (C=O) groups is 1. The van der Waals surface area contributed by atoms with Crippen molar-refractivity contribution >= 4 is 23.3 Å². The molecule has 6 heteroatoms. The molecule has 0 aliphatic carbocycles. The second-order valence-electron chi connectivity index (χ2n) is 7.03. The maximum atomic E-state index is 12.1. The quantitative estimate of drug-likeness (QED) is 0.877. The molecule has 0 aromatic heterocycles. The lowest BCUT2D eigenvalue weighted by molar-refractivity contribution is 0.208. The van der Waals surface area contributed by atoms with E-state index in [-0.39, 0.29) is 12.1 Å². The molecule has 5 nitrogen and oxygen atoms in total. The molecule has 2 fully saturated rings. The van der Waals surface area contributed by atoms with Crippen LogP contribution in [0.25, 0.3) is 0 Å². The van der Waals surface area contributed by atoms with Gasteiger partial charge in [0.15, 0.2) is 0 Å². The van der Waals surface area contributed by atoms with Gasteiger partial charge in [-0.25, -0.2) is 4.79 Å². The number of benzene rings is 1. The van der Waals surface area contributed by atoms with Crippen molar-refractivity contribution < 1.29 is 4.79 Å². The first-order chi connectivity index (χ1) is 11.6. The highest BCUT2D eigenvalue weighted by Gasteiger charge is 2.24. The van der Waals surface area contributed by atoms with E-state index < -0.39 is 0 Å². The van der Waals surface area contributed by atoms with Crippen LogP contribution in [0.2, 0.25) is 5.02 Å². The summed E-state index contributed by atoms with van der Waals surface area (Å²) in [6, 6.07) is 8.22. The number of likely N-dealkylation sites (N-methyl/N-ethyl adjacent to an activating group) is 1. The van der Waals surface area contributed by atoms with Crippen molar-refractivity contribution in [3.63, 3.8) is 0 Å².